The summed E-state index contributed by atoms with van der Waals surface area (Å²) in [5.74, 6) is 0. The second-order valence-corrected chi connectivity index (χ2v) is 13.7. The largest absolute Gasteiger partial charge is 0.393 e. The molecule has 0 spiro atoms. The molecule has 0 amide bonds. The highest BCUT2D eigenvalue weighted by Crippen LogP contribution is 2.53. The van der Waals surface area contributed by atoms with Gasteiger partial charge in [-0.15, -0.1) is 0 Å². The summed E-state index contributed by atoms with van der Waals surface area (Å²) < 4.78 is 0. The fourth-order valence-corrected chi connectivity index (χ4v) is 9.52. The van der Waals surface area contributed by atoms with Crippen LogP contribution in [0.3, 0.4) is 0 Å². The van der Waals surface area contributed by atoms with E-state index in [2.05, 4.69) is 65.5 Å². The Morgan fingerprint density at radius 3 is 0.769 bits per heavy atom. The first-order valence-electron chi connectivity index (χ1n) is 17.3. The number of piperidine rings is 2. The van der Waals surface area contributed by atoms with Crippen LogP contribution in [0.15, 0.2) is 0 Å². The van der Waals surface area contributed by atoms with Crippen molar-refractivity contribution in [3.63, 3.8) is 0 Å². The molecule has 2 aliphatic rings. The summed E-state index contributed by atoms with van der Waals surface area (Å²) in [6.07, 6.45) is 19.7. The van der Waals surface area contributed by atoms with Crippen LogP contribution in [0.1, 0.15) is 184 Å². The Morgan fingerprint density at radius 2 is 0.615 bits per heavy atom. The second-order valence-electron chi connectivity index (χ2n) is 13.7. The van der Waals surface area contributed by atoms with Gasteiger partial charge < -0.3 is 10.2 Å². The van der Waals surface area contributed by atoms with Crippen LogP contribution in [0.5, 0.6) is 0 Å². The minimum Gasteiger partial charge on any atom is -0.393 e. The van der Waals surface area contributed by atoms with Crippen molar-refractivity contribution in [2.24, 2.45) is 0 Å². The lowest BCUT2D eigenvalue weighted by Gasteiger charge is -2.64. The minimum atomic E-state index is -0.281. The summed E-state index contributed by atoms with van der Waals surface area (Å²) in [6, 6.07) is 0. The van der Waals surface area contributed by atoms with Crippen LogP contribution in [0.2, 0.25) is 0 Å². The molecule has 2 saturated heterocycles. The van der Waals surface area contributed by atoms with Crippen LogP contribution in [0.25, 0.3) is 0 Å². The summed E-state index contributed by atoms with van der Waals surface area (Å²) in [4.78, 5) is 7.76. The van der Waals surface area contributed by atoms with Crippen molar-refractivity contribution in [2.45, 2.75) is 218 Å². The Labute approximate surface area is 243 Å². The first-order chi connectivity index (χ1) is 18.7. The fraction of sp³-hybridized carbons (Fsp3) is 1.00. The lowest BCUT2D eigenvalue weighted by Crippen LogP contribution is -2.73. The Bertz CT molecular complexity index is 551. The highest BCUT2D eigenvalue weighted by atomic mass is 16.8. The first kappa shape index (κ1) is 35.0. The van der Waals surface area contributed by atoms with Crippen molar-refractivity contribution in [1.29, 1.82) is 0 Å². The van der Waals surface area contributed by atoms with E-state index in [1.807, 2.05) is 0 Å². The maximum absolute atomic E-state index is 11.5. The summed E-state index contributed by atoms with van der Waals surface area (Å²) in [7, 11) is 0. The van der Waals surface area contributed by atoms with Crippen LogP contribution in [-0.2, 0) is 4.94 Å². The molecule has 0 radical (unpaired) electrons. The van der Waals surface area contributed by atoms with Crippen molar-refractivity contribution < 1.29 is 15.2 Å². The van der Waals surface area contributed by atoms with Crippen molar-refractivity contribution >= 4 is 0 Å². The van der Waals surface area contributed by atoms with E-state index in [4.69, 9.17) is 4.94 Å². The summed E-state index contributed by atoms with van der Waals surface area (Å²) >= 11 is 0. The zero-order chi connectivity index (χ0) is 29.2. The SMILES string of the molecule is CCCC1(CCC)CC(O)CC(CCC)(CCC)N1ON1C(CCC)(CCC)CC(O)CC1(CCC)CCC. The number of hydrogen-bond donors (Lipinski definition) is 2. The lowest BCUT2D eigenvalue weighted by molar-refractivity contribution is -0.467. The quantitative estimate of drug-likeness (QED) is 0.178. The van der Waals surface area contributed by atoms with E-state index in [9.17, 15) is 10.2 Å². The molecule has 5 nitrogen and oxygen atoms in total. The molecule has 2 N–H and O–H groups in total. The molecule has 2 heterocycles. The van der Waals surface area contributed by atoms with E-state index in [0.717, 1.165) is 128 Å². The van der Waals surface area contributed by atoms with Gasteiger partial charge in [0.25, 0.3) is 0 Å². The fourth-order valence-electron chi connectivity index (χ4n) is 9.52. The average Bonchev–Trinajstić information content (AvgIpc) is 2.84. The molecule has 2 aliphatic heterocycles. The normalized spacial score (nSPS) is 23.8. The third kappa shape index (κ3) is 7.61. The molecular formula is C34H68N2O3. The molecule has 0 unspecified atom stereocenters. The first-order valence-corrected chi connectivity index (χ1v) is 17.3. The summed E-state index contributed by atoms with van der Waals surface area (Å²) in [5, 5.41) is 28.0. The molecule has 0 atom stereocenters. The highest BCUT2D eigenvalue weighted by molar-refractivity contribution is 5.08. The molecule has 232 valence electrons. The average molecular weight is 553 g/mol. The van der Waals surface area contributed by atoms with Crippen molar-refractivity contribution in [3.05, 3.63) is 0 Å². The molecule has 0 bridgehead atoms. The maximum Gasteiger partial charge on any atom is 0.0577 e. The zero-order valence-electron chi connectivity index (χ0n) is 27.5. The van der Waals surface area contributed by atoms with Gasteiger partial charge in [0.1, 0.15) is 0 Å². The van der Waals surface area contributed by atoms with E-state index in [0.29, 0.717) is 0 Å². The van der Waals surface area contributed by atoms with E-state index in [-0.39, 0.29) is 34.4 Å². The Balaban J connectivity index is 2.84. The van der Waals surface area contributed by atoms with Gasteiger partial charge in [-0.3, -0.25) is 0 Å². The van der Waals surface area contributed by atoms with E-state index in [1.54, 1.807) is 0 Å². The number of aliphatic hydroxyl groups is 2. The number of nitrogens with zero attached hydrogens (tertiary/aromatic N) is 2. The number of hydrogen-bond acceptors (Lipinski definition) is 5. The molecular weight excluding hydrogens is 484 g/mol. The standard InChI is InChI=1S/C34H68N2O3/c1-9-17-31(18-10-2)25-29(37)26-32(19-11-3,20-12-4)35(31)39-36-33(21-13-5,22-14-6)27-30(38)28-34(36,23-15-7)24-16-8/h29-30,37-38H,9-28H2,1-8H3. The smallest absolute Gasteiger partial charge is 0.0577 e. The van der Waals surface area contributed by atoms with E-state index >= 15 is 0 Å². The van der Waals surface area contributed by atoms with Crippen LogP contribution in [0, 0.1) is 0 Å². The molecule has 0 aromatic rings. The van der Waals surface area contributed by atoms with Gasteiger partial charge in [0.2, 0.25) is 0 Å². The Kier molecular flexibility index (Phi) is 14.2. The third-order valence-electron chi connectivity index (χ3n) is 10.1. The second kappa shape index (κ2) is 15.9. The number of aliphatic hydroxyl groups excluding tert-OH is 2. The van der Waals surface area contributed by atoms with Crippen LogP contribution < -0.4 is 0 Å². The maximum atomic E-state index is 11.5. The summed E-state index contributed by atoms with van der Waals surface area (Å²) in [6.45, 7) is 18.4. The molecule has 2 fully saturated rings. The monoisotopic (exact) mass is 553 g/mol. The van der Waals surface area contributed by atoms with E-state index in [1.165, 1.54) is 0 Å². The van der Waals surface area contributed by atoms with Gasteiger partial charge in [-0.1, -0.05) is 107 Å². The zero-order valence-corrected chi connectivity index (χ0v) is 27.5. The molecule has 0 aromatic heterocycles. The molecule has 2 rings (SSSR count). The van der Waals surface area contributed by atoms with Gasteiger partial charge in [0.15, 0.2) is 0 Å². The molecule has 39 heavy (non-hydrogen) atoms. The van der Waals surface area contributed by atoms with Gasteiger partial charge in [-0.25, -0.2) is 4.94 Å². The van der Waals surface area contributed by atoms with Gasteiger partial charge in [0.05, 0.1) is 34.4 Å². The molecule has 0 saturated carbocycles. The highest BCUT2D eigenvalue weighted by Gasteiger charge is 2.60. The van der Waals surface area contributed by atoms with Crippen molar-refractivity contribution in [2.75, 3.05) is 0 Å². The Morgan fingerprint density at radius 1 is 0.436 bits per heavy atom. The molecule has 0 aliphatic carbocycles. The van der Waals surface area contributed by atoms with Crippen LogP contribution in [-0.4, -0.2) is 54.7 Å². The predicted octanol–water partition coefficient (Wildman–Crippen LogP) is 9.10. The Hall–Kier alpha value is -0.200. The van der Waals surface area contributed by atoms with Crippen molar-refractivity contribution in [3.8, 4) is 0 Å². The predicted molar refractivity (Wildman–Crippen MR) is 165 cm³/mol. The minimum absolute atomic E-state index is 0.171. The van der Waals surface area contributed by atoms with Gasteiger partial charge >= 0.3 is 0 Å². The topological polar surface area (TPSA) is 56.2 Å². The van der Waals surface area contributed by atoms with Gasteiger partial charge in [-0.2, -0.15) is 10.1 Å². The third-order valence-corrected chi connectivity index (χ3v) is 10.1. The molecule has 0 aromatic carbocycles. The van der Waals surface area contributed by atoms with Gasteiger partial charge in [0, 0.05) is 0 Å². The number of hydroxylamine groups is 4. The van der Waals surface area contributed by atoms with Crippen molar-refractivity contribution in [1.82, 2.24) is 10.1 Å². The van der Waals surface area contributed by atoms with Gasteiger partial charge in [-0.05, 0) is 77.0 Å². The molecule has 5 heteroatoms. The lowest BCUT2D eigenvalue weighted by atomic mass is 9.69. The van der Waals surface area contributed by atoms with E-state index < -0.39 is 0 Å². The summed E-state index contributed by atoms with van der Waals surface area (Å²) in [5.41, 5.74) is -0.683. The number of rotatable bonds is 18. The van der Waals surface area contributed by atoms with Crippen LogP contribution >= 0.6 is 0 Å². The van der Waals surface area contributed by atoms with Crippen LogP contribution in [0.4, 0.5) is 0 Å².